The number of carbonyl (C=O) groups excluding carboxylic acids is 2. The lowest BCUT2D eigenvalue weighted by Gasteiger charge is -2.25. The van der Waals surface area contributed by atoms with E-state index in [1.165, 1.54) is 22.7 Å². The molecule has 0 spiro atoms. The first-order valence-electron chi connectivity index (χ1n) is 9.95. The summed E-state index contributed by atoms with van der Waals surface area (Å²) in [7, 11) is 0. The summed E-state index contributed by atoms with van der Waals surface area (Å²) in [5, 5.41) is 0.837. The van der Waals surface area contributed by atoms with Crippen LogP contribution in [0.3, 0.4) is 0 Å². The predicted molar refractivity (Wildman–Crippen MR) is 120 cm³/mol. The topological polar surface area (TPSA) is 56.8 Å². The van der Waals surface area contributed by atoms with E-state index < -0.39 is 0 Å². The molecule has 2 aromatic rings. The fourth-order valence-corrected chi connectivity index (χ4v) is 5.60. The third kappa shape index (κ3) is 5.36. The Hall–Kier alpha value is -1.48. The lowest BCUT2D eigenvalue weighted by Crippen LogP contribution is -2.42. The Balaban J connectivity index is 1.64. The van der Waals surface area contributed by atoms with Crippen molar-refractivity contribution in [3.63, 3.8) is 0 Å². The maximum Gasteiger partial charge on any atom is 0.265 e. The molecule has 0 unspecified atom stereocenters. The summed E-state index contributed by atoms with van der Waals surface area (Å²) in [6.07, 6.45) is 0.864. The van der Waals surface area contributed by atoms with Gasteiger partial charge in [0.15, 0.2) is 0 Å². The van der Waals surface area contributed by atoms with E-state index in [4.69, 9.17) is 11.6 Å². The highest BCUT2D eigenvalue weighted by Gasteiger charge is 2.25. The van der Waals surface area contributed by atoms with Gasteiger partial charge in [-0.15, -0.1) is 22.7 Å². The number of hydrogen-bond acceptors (Lipinski definition) is 6. The summed E-state index contributed by atoms with van der Waals surface area (Å²) in [4.78, 5) is 37.7. The predicted octanol–water partition coefficient (Wildman–Crippen LogP) is 3.85. The molecule has 0 radical (unpaired) electrons. The molecule has 29 heavy (non-hydrogen) atoms. The molecule has 0 aliphatic carbocycles. The molecule has 2 amide bonds. The molecule has 0 N–H and O–H groups in total. The highest BCUT2D eigenvalue weighted by molar-refractivity contribution is 7.24. The van der Waals surface area contributed by atoms with Crippen LogP contribution in [0.25, 0.3) is 9.88 Å². The van der Waals surface area contributed by atoms with Crippen LogP contribution in [-0.4, -0.2) is 77.3 Å². The first-order valence-corrected chi connectivity index (χ1v) is 12.0. The molecular formula is C20H27ClN4O2S2. The van der Waals surface area contributed by atoms with Crippen LogP contribution in [-0.2, 0) is 4.79 Å². The second-order valence-corrected chi connectivity index (χ2v) is 9.74. The Morgan fingerprint density at radius 2 is 1.90 bits per heavy atom. The Morgan fingerprint density at radius 1 is 1.14 bits per heavy atom. The normalized spacial score (nSPS) is 15.4. The first kappa shape index (κ1) is 22.2. The molecule has 3 rings (SSSR count). The molecule has 0 bridgehead atoms. The van der Waals surface area contributed by atoms with E-state index in [0.29, 0.717) is 35.4 Å². The number of aryl methyl sites for hydroxylation is 1. The van der Waals surface area contributed by atoms with Crippen LogP contribution >= 0.6 is 34.3 Å². The highest BCUT2D eigenvalue weighted by atomic mass is 35.5. The van der Waals surface area contributed by atoms with Crippen molar-refractivity contribution in [3.8, 4) is 9.88 Å². The van der Waals surface area contributed by atoms with Crippen molar-refractivity contribution in [2.45, 2.75) is 27.2 Å². The van der Waals surface area contributed by atoms with Gasteiger partial charge in [-0.1, -0.05) is 11.6 Å². The van der Waals surface area contributed by atoms with Crippen molar-refractivity contribution in [2.75, 3.05) is 45.8 Å². The maximum absolute atomic E-state index is 13.1. The van der Waals surface area contributed by atoms with E-state index >= 15 is 0 Å². The fraction of sp³-hybridized carbons (Fsp3) is 0.550. The molecule has 158 valence electrons. The van der Waals surface area contributed by atoms with Gasteiger partial charge in [0.2, 0.25) is 5.91 Å². The van der Waals surface area contributed by atoms with Crippen molar-refractivity contribution in [1.29, 1.82) is 0 Å². The molecule has 1 aliphatic rings. The van der Waals surface area contributed by atoms with Crippen LogP contribution in [0.5, 0.6) is 0 Å². The number of rotatable bonds is 6. The Morgan fingerprint density at radius 3 is 2.55 bits per heavy atom. The second-order valence-electron chi connectivity index (χ2n) is 7.03. The number of aromatic nitrogens is 1. The molecule has 3 heterocycles. The molecule has 0 aromatic carbocycles. The van der Waals surface area contributed by atoms with E-state index in [1.54, 1.807) is 0 Å². The summed E-state index contributed by atoms with van der Waals surface area (Å²) >= 11 is 8.94. The van der Waals surface area contributed by atoms with Gasteiger partial charge in [0.05, 0.1) is 21.5 Å². The largest absolute Gasteiger partial charge is 0.342 e. The molecule has 0 saturated carbocycles. The summed E-state index contributed by atoms with van der Waals surface area (Å²) < 4.78 is 0.715. The smallest absolute Gasteiger partial charge is 0.265 e. The average Bonchev–Trinajstić information content (AvgIpc) is 3.22. The van der Waals surface area contributed by atoms with Crippen molar-refractivity contribution < 1.29 is 9.59 Å². The molecule has 6 nitrogen and oxygen atoms in total. The number of halogens is 1. The average molecular weight is 455 g/mol. The van der Waals surface area contributed by atoms with Crippen LogP contribution in [0.4, 0.5) is 0 Å². The third-order valence-electron chi connectivity index (χ3n) is 5.13. The first-order chi connectivity index (χ1) is 13.9. The van der Waals surface area contributed by atoms with Crippen molar-refractivity contribution >= 4 is 46.1 Å². The molecule has 1 saturated heterocycles. The van der Waals surface area contributed by atoms with Gasteiger partial charge >= 0.3 is 0 Å². The van der Waals surface area contributed by atoms with Crippen molar-refractivity contribution in [1.82, 2.24) is 19.7 Å². The van der Waals surface area contributed by atoms with E-state index in [0.717, 1.165) is 41.6 Å². The number of nitrogens with zero attached hydrogens (tertiary/aromatic N) is 4. The molecule has 1 aliphatic heterocycles. The van der Waals surface area contributed by atoms with Crippen LogP contribution < -0.4 is 0 Å². The zero-order valence-corrected chi connectivity index (χ0v) is 19.5. The fourth-order valence-electron chi connectivity index (χ4n) is 3.47. The quantitative estimate of drug-likeness (QED) is 0.665. The molecule has 0 atom stereocenters. The molecular weight excluding hydrogens is 428 g/mol. The van der Waals surface area contributed by atoms with E-state index in [2.05, 4.69) is 9.88 Å². The van der Waals surface area contributed by atoms with Crippen molar-refractivity contribution in [3.05, 3.63) is 27.0 Å². The SMILES string of the molecule is CCN(CC)C(=O)CN1CCCN(C(=O)c2sc(-c3ccc(Cl)s3)nc2C)CC1. The minimum Gasteiger partial charge on any atom is -0.342 e. The standard InChI is InChI=1S/C20H27ClN4O2S2/c1-4-24(5-2)17(26)13-23-9-6-10-25(12-11-23)20(27)18-14(3)22-19(29-18)15-7-8-16(21)28-15/h7-8H,4-6,9-13H2,1-3H3. The minimum atomic E-state index is 0.0332. The lowest BCUT2D eigenvalue weighted by atomic mass is 10.3. The van der Waals surface area contributed by atoms with Crippen LogP contribution in [0.15, 0.2) is 12.1 Å². The number of hydrogen-bond donors (Lipinski definition) is 0. The number of thiophene rings is 1. The number of thiazole rings is 1. The van der Waals surface area contributed by atoms with Gasteiger partial charge in [0, 0.05) is 39.3 Å². The minimum absolute atomic E-state index is 0.0332. The van der Waals surface area contributed by atoms with E-state index in [9.17, 15) is 9.59 Å². The Labute approximate surface area is 185 Å². The monoisotopic (exact) mass is 454 g/mol. The van der Waals surface area contributed by atoms with Gasteiger partial charge in [-0.05, 0) is 39.3 Å². The van der Waals surface area contributed by atoms with Crippen LogP contribution in [0.1, 0.15) is 35.6 Å². The van der Waals surface area contributed by atoms with Crippen molar-refractivity contribution in [2.24, 2.45) is 0 Å². The van der Waals surface area contributed by atoms with Crippen LogP contribution in [0, 0.1) is 6.92 Å². The van der Waals surface area contributed by atoms with Gasteiger partial charge in [-0.25, -0.2) is 4.98 Å². The number of amides is 2. The number of carbonyl (C=O) groups is 2. The summed E-state index contributed by atoms with van der Waals surface area (Å²) in [5.41, 5.74) is 0.761. The van der Waals surface area contributed by atoms with E-state index in [-0.39, 0.29) is 11.8 Å². The third-order valence-corrected chi connectivity index (χ3v) is 7.67. The van der Waals surface area contributed by atoms with Gasteiger partial charge in [-0.3, -0.25) is 14.5 Å². The Bertz CT molecular complexity index is 863. The zero-order valence-electron chi connectivity index (χ0n) is 17.1. The van der Waals surface area contributed by atoms with Gasteiger partial charge in [0.25, 0.3) is 5.91 Å². The summed E-state index contributed by atoms with van der Waals surface area (Å²) in [6, 6.07) is 3.79. The summed E-state index contributed by atoms with van der Waals surface area (Å²) in [5.74, 6) is 0.193. The molecule has 1 fully saturated rings. The van der Waals surface area contributed by atoms with Gasteiger partial charge in [0.1, 0.15) is 9.88 Å². The van der Waals surface area contributed by atoms with Crippen LogP contribution in [0.2, 0.25) is 4.34 Å². The Kier molecular flexibility index (Phi) is 7.67. The van der Waals surface area contributed by atoms with Gasteiger partial charge in [-0.2, -0.15) is 0 Å². The maximum atomic E-state index is 13.1. The van der Waals surface area contributed by atoms with E-state index in [1.807, 2.05) is 42.7 Å². The summed E-state index contributed by atoms with van der Waals surface area (Å²) in [6.45, 7) is 10.6. The second kappa shape index (κ2) is 10.0. The van der Waals surface area contributed by atoms with Gasteiger partial charge < -0.3 is 9.80 Å². The highest BCUT2D eigenvalue weighted by Crippen LogP contribution is 2.35. The lowest BCUT2D eigenvalue weighted by molar-refractivity contribution is -0.132. The molecule has 9 heteroatoms. The zero-order chi connectivity index (χ0) is 21.0. The molecule has 2 aromatic heterocycles. The number of likely N-dealkylation sites (N-methyl/N-ethyl adjacent to an activating group) is 1.